The molecule has 0 aliphatic carbocycles. The summed E-state index contributed by atoms with van der Waals surface area (Å²) >= 11 is 0. The standard InChI is InChI=1S/C12H14F2N2O4/c1-3-12(5-17)6(2)8(14)10(20-12)16-4-7(13)9(18)15-11(16)19/h4-6,8,10H,3H2,1-2H3,(H,15,18,19)/t6-,8-,10+,12-/m0/s1. The zero-order valence-electron chi connectivity index (χ0n) is 10.9. The Morgan fingerprint density at radius 3 is 2.70 bits per heavy atom. The van der Waals surface area contributed by atoms with Gasteiger partial charge >= 0.3 is 5.69 Å². The third-order valence-corrected chi connectivity index (χ3v) is 3.81. The molecule has 110 valence electrons. The molecule has 0 bridgehead atoms. The molecular weight excluding hydrogens is 274 g/mol. The topological polar surface area (TPSA) is 81.2 Å². The smallest absolute Gasteiger partial charge is 0.330 e. The molecular formula is C12H14F2N2O4. The van der Waals surface area contributed by atoms with Gasteiger partial charge in [-0.3, -0.25) is 14.3 Å². The van der Waals surface area contributed by atoms with Crippen molar-refractivity contribution < 1.29 is 18.3 Å². The number of halogens is 2. The van der Waals surface area contributed by atoms with Crippen molar-refractivity contribution in [3.8, 4) is 0 Å². The van der Waals surface area contributed by atoms with Crippen LogP contribution >= 0.6 is 0 Å². The number of ether oxygens (including phenoxy) is 1. The molecule has 0 saturated carbocycles. The molecule has 0 amide bonds. The number of rotatable bonds is 3. The number of aromatic nitrogens is 2. The number of hydrogen-bond donors (Lipinski definition) is 1. The van der Waals surface area contributed by atoms with Crippen LogP contribution in [-0.2, 0) is 9.53 Å². The molecule has 20 heavy (non-hydrogen) atoms. The quantitative estimate of drug-likeness (QED) is 0.822. The maximum Gasteiger partial charge on any atom is 0.330 e. The average molecular weight is 288 g/mol. The van der Waals surface area contributed by atoms with Gasteiger partial charge in [0.25, 0.3) is 5.56 Å². The highest BCUT2D eigenvalue weighted by Crippen LogP contribution is 2.43. The van der Waals surface area contributed by atoms with E-state index < -0.39 is 41.0 Å². The van der Waals surface area contributed by atoms with Crippen molar-refractivity contribution in [2.45, 2.75) is 38.3 Å². The van der Waals surface area contributed by atoms with Crippen LogP contribution in [0.15, 0.2) is 15.8 Å². The van der Waals surface area contributed by atoms with E-state index in [4.69, 9.17) is 4.74 Å². The monoisotopic (exact) mass is 288 g/mol. The predicted molar refractivity (Wildman–Crippen MR) is 64.5 cm³/mol. The van der Waals surface area contributed by atoms with Gasteiger partial charge in [-0.1, -0.05) is 13.8 Å². The Labute approximate surface area is 112 Å². The van der Waals surface area contributed by atoms with E-state index in [9.17, 15) is 23.2 Å². The molecule has 1 aromatic heterocycles. The lowest BCUT2D eigenvalue weighted by molar-refractivity contribution is -0.139. The normalized spacial score (nSPS) is 33.3. The molecule has 1 saturated heterocycles. The van der Waals surface area contributed by atoms with Gasteiger partial charge in [-0.25, -0.2) is 9.18 Å². The molecule has 1 N–H and O–H groups in total. The Hall–Kier alpha value is -1.83. The maximum atomic E-state index is 14.3. The third kappa shape index (κ3) is 2.00. The minimum atomic E-state index is -1.68. The summed E-state index contributed by atoms with van der Waals surface area (Å²) in [6.07, 6.45) is -1.83. The first-order valence-corrected chi connectivity index (χ1v) is 6.15. The summed E-state index contributed by atoms with van der Waals surface area (Å²) < 4.78 is 33.5. The maximum absolute atomic E-state index is 14.3. The fourth-order valence-corrected chi connectivity index (χ4v) is 2.40. The number of nitrogens with one attached hydrogen (secondary N) is 1. The van der Waals surface area contributed by atoms with Gasteiger partial charge in [-0.2, -0.15) is 4.39 Å². The summed E-state index contributed by atoms with van der Waals surface area (Å²) in [4.78, 5) is 35.5. The van der Waals surface area contributed by atoms with Crippen molar-refractivity contribution in [1.82, 2.24) is 9.55 Å². The van der Waals surface area contributed by atoms with Gasteiger partial charge in [0, 0.05) is 5.92 Å². The molecule has 8 heteroatoms. The number of aldehydes is 1. The number of hydrogen-bond acceptors (Lipinski definition) is 4. The van der Waals surface area contributed by atoms with Gasteiger partial charge < -0.3 is 9.53 Å². The van der Waals surface area contributed by atoms with E-state index in [1.165, 1.54) is 6.92 Å². The van der Waals surface area contributed by atoms with Crippen molar-refractivity contribution in [2.24, 2.45) is 5.92 Å². The Bertz CT molecular complexity index is 641. The summed E-state index contributed by atoms with van der Waals surface area (Å²) in [5.74, 6) is -2.02. The zero-order valence-corrected chi connectivity index (χ0v) is 10.9. The van der Waals surface area contributed by atoms with Crippen molar-refractivity contribution in [3.63, 3.8) is 0 Å². The minimum Gasteiger partial charge on any atom is -0.340 e. The second-order valence-corrected chi connectivity index (χ2v) is 4.81. The van der Waals surface area contributed by atoms with Gasteiger partial charge in [0.2, 0.25) is 5.82 Å². The van der Waals surface area contributed by atoms with E-state index in [2.05, 4.69) is 0 Å². The predicted octanol–water partition coefficient (Wildman–Crippen LogP) is 0.526. The van der Waals surface area contributed by atoms with Gasteiger partial charge in [-0.05, 0) is 6.42 Å². The fourth-order valence-electron chi connectivity index (χ4n) is 2.40. The summed E-state index contributed by atoms with van der Waals surface area (Å²) in [5.41, 5.74) is -3.55. The number of aromatic amines is 1. The van der Waals surface area contributed by atoms with E-state index in [1.807, 2.05) is 0 Å². The van der Waals surface area contributed by atoms with Crippen LogP contribution in [0.25, 0.3) is 0 Å². The molecule has 4 atom stereocenters. The Morgan fingerprint density at radius 1 is 1.55 bits per heavy atom. The molecule has 1 fully saturated rings. The summed E-state index contributed by atoms with van der Waals surface area (Å²) in [7, 11) is 0. The van der Waals surface area contributed by atoms with Crippen LogP contribution < -0.4 is 11.2 Å². The second kappa shape index (κ2) is 4.93. The largest absolute Gasteiger partial charge is 0.340 e. The number of alkyl halides is 1. The first-order chi connectivity index (χ1) is 9.36. The molecule has 1 aromatic rings. The van der Waals surface area contributed by atoms with Crippen LogP contribution in [0.4, 0.5) is 8.78 Å². The molecule has 2 heterocycles. The SMILES string of the molecule is CC[C@@]1(C=O)O[C@@H](n2cc(F)c(=O)[nH]c2=O)[C@@H](F)[C@@H]1C. The molecule has 0 unspecified atom stereocenters. The van der Waals surface area contributed by atoms with E-state index in [1.54, 1.807) is 11.9 Å². The van der Waals surface area contributed by atoms with Gasteiger partial charge in [0.1, 0.15) is 5.60 Å². The highest BCUT2D eigenvalue weighted by molar-refractivity contribution is 5.64. The molecule has 1 aliphatic heterocycles. The molecule has 6 nitrogen and oxygen atoms in total. The van der Waals surface area contributed by atoms with Crippen molar-refractivity contribution in [1.29, 1.82) is 0 Å². The summed E-state index contributed by atoms with van der Waals surface area (Å²) in [6.45, 7) is 3.13. The zero-order chi connectivity index (χ0) is 15.1. The Morgan fingerprint density at radius 2 is 2.20 bits per heavy atom. The van der Waals surface area contributed by atoms with Crippen molar-refractivity contribution in [2.75, 3.05) is 0 Å². The Kier molecular flexibility index (Phi) is 3.59. The first kappa shape index (κ1) is 14.6. The molecule has 1 aliphatic rings. The van der Waals surface area contributed by atoms with Crippen molar-refractivity contribution in [3.05, 3.63) is 32.9 Å². The lowest BCUT2D eigenvalue weighted by Crippen LogP contribution is -2.37. The second-order valence-electron chi connectivity index (χ2n) is 4.81. The highest BCUT2D eigenvalue weighted by atomic mass is 19.1. The van der Waals surface area contributed by atoms with Gasteiger partial charge in [0.05, 0.1) is 6.20 Å². The third-order valence-electron chi connectivity index (χ3n) is 3.81. The first-order valence-electron chi connectivity index (χ1n) is 6.15. The van der Waals surface area contributed by atoms with Crippen LogP contribution in [0.3, 0.4) is 0 Å². The fraction of sp³-hybridized carbons (Fsp3) is 0.583. The molecule has 0 aromatic carbocycles. The summed E-state index contributed by atoms with van der Waals surface area (Å²) in [5, 5.41) is 0. The van der Waals surface area contributed by atoms with E-state index in [0.717, 1.165) is 0 Å². The average Bonchev–Trinajstić information content (AvgIpc) is 2.68. The Balaban J connectivity index is 2.50. The van der Waals surface area contributed by atoms with Crippen LogP contribution in [0, 0.1) is 11.7 Å². The van der Waals surface area contributed by atoms with E-state index >= 15 is 0 Å². The number of nitrogens with zero attached hydrogens (tertiary/aromatic N) is 1. The van der Waals surface area contributed by atoms with Gasteiger partial charge in [0.15, 0.2) is 18.7 Å². The lowest BCUT2D eigenvalue weighted by atomic mass is 9.87. The van der Waals surface area contributed by atoms with Crippen LogP contribution in [-0.4, -0.2) is 27.6 Å². The molecule has 0 spiro atoms. The highest BCUT2D eigenvalue weighted by Gasteiger charge is 2.53. The van der Waals surface area contributed by atoms with Crippen LogP contribution in [0.5, 0.6) is 0 Å². The number of H-pyrrole nitrogens is 1. The van der Waals surface area contributed by atoms with Gasteiger partial charge in [-0.15, -0.1) is 0 Å². The van der Waals surface area contributed by atoms with Crippen LogP contribution in [0.2, 0.25) is 0 Å². The minimum absolute atomic E-state index is 0.217. The summed E-state index contributed by atoms with van der Waals surface area (Å²) in [6, 6.07) is 0. The number of carbonyl (C=O) groups excluding carboxylic acids is 1. The van der Waals surface area contributed by atoms with E-state index in [-0.39, 0.29) is 6.42 Å². The van der Waals surface area contributed by atoms with Crippen molar-refractivity contribution >= 4 is 6.29 Å². The van der Waals surface area contributed by atoms with Crippen LogP contribution in [0.1, 0.15) is 26.5 Å². The molecule has 0 radical (unpaired) electrons. The van der Waals surface area contributed by atoms with E-state index in [0.29, 0.717) is 17.1 Å². The molecule has 2 rings (SSSR count). The number of carbonyl (C=O) groups is 1. The lowest BCUT2D eigenvalue weighted by Gasteiger charge is -2.24.